The lowest BCUT2D eigenvalue weighted by molar-refractivity contribution is -0.132. The molecular weight excluding hydrogens is 461 g/mol. The van der Waals surface area contributed by atoms with Crippen LogP contribution < -0.4 is 14.4 Å². The molecule has 6 nitrogen and oxygen atoms in total. The summed E-state index contributed by atoms with van der Waals surface area (Å²) in [4.78, 5) is 27.7. The number of carbonyl (C=O) groups is 2. The van der Waals surface area contributed by atoms with Crippen molar-refractivity contribution in [3.05, 3.63) is 93.8 Å². The minimum atomic E-state index is -1.03. The number of amides is 1. The van der Waals surface area contributed by atoms with E-state index in [0.717, 1.165) is 5.56 Å². The molecule has 1 saturated heterocycles. The molecule has 0 saturated carbocycles. The molecule has 0 bridgehead atoms. The molecule has 0 spiro atoms. The number of hydrogen-bond donors (Lipinski definition) is 1. The van der Waals surface area contributed by atoms with E-state index in [0.29, 0.717) is 22.7 Å². The van der Waals surface area contributed by atoms with Crippen LogP contribution in [0.15, 0.2) is 66.2 Å². The van der Waals surface area contributed by atoms with E-state index in [1.54, 1.807) is 30.3 Å². The molecule has 1 heterocycles. The number of rotatable bonds is 5. The maximum absolute atomic E-state index is 13.7. The van der Waals surface area contributed by atoms with E-state index in [-0.39, 0.29) is 16.2 Å². The predicted octanol–water partition coefficient (Wildman–Crippen LogP) is 5.43. The summed E-state index contributed by atoms with van der Waals surface area (Å²) in [7, 11) is 2.90. The fourth-order valence-corrected chi connectivity index (χ4v) is 4.27. The molecule has 0 aromatic heterocycles. The molecule has 3 aromatic rings. The van der Waals surface area contributed by atoms with Crippen LogP contribution in [0.25, 0.3) is 5.76 Å². The average molecular weight is 482 g/mol. The first-order chi connectivity index (χ1) is 16.3. The first kappa shape index (κ1) is 23.3. The third kappa shape index (κ3) is 3.99. The number of anilines is 1. The topological polar surface area (TPSA) is 76.1 Å². The predicted molar refractivity (Wildman–Crippen MR) is 127 cm³/mol. The summed E-state index contributed by atoms with van der Waals surface area (Å²) in [6.45, 7) is 1.83. The SMILES string of the molecule is COc1ccc(N2C(=O)C(=O)/C(=C(/O)c3cc(C)ccc3OC)C2c2ccc(F)cc2)cc1Cl. The molecule has 34 heavy (non-hydrogen) atoms. The van der Waals surface area contributed by atoms with Crippen molar-refractivity contribution in [2.75, 3.05) is 19.1 Å². The minimum absolute atomic E-state index is 0.146. The standard InChI is InChI=1S/C26H21ClFNO5/c1-14-4-10-20(33-2)18(12-14)24(30)22-23(15-5-7-16(28)8-6-15)29(26(32)25(22)31)17-9-11-21(34-3)19(27)13-17/h4-13,23,30H,1-3H3/b24-22+. The van der Waals surface area contributed by atoms with Crippen molar-refractivity contribution in [3.8, 4) is 11.5 Å². The molecular formula is C26H21ClFNO5. The van der Waals surface area contributed by atoms with Crippen molar-refractivity contribution >= 4 is 34.7 Å². The van der Waals surface area contributed by atoms with Gasteiger partial charge >= 0.3 is 0 Å². The third-order valence-electron chi connectivity index (χ3n) is 5.65. The van der Waals surface area contributed by atoms with E-state index in [9.17, 15) is 19.1 Å². The highest BCUT2D eigenvalue weighted by atomic mass is 35.5. The van der Waals surface area contributed by atoms with Crippen LogP contribution in [0.1, 0.15) is 22.7 Å². The van der Waals surface area contributed by atoms with Crippen molar-refractivity contribution in [3.63, 3.8) is 0 Å². The zero-order chi connectivity index (χ0) is 24.6. The number of nitrogens with zero attached hydrogens (tertiary/aromatic N) is 1. The number of ketones is 1. The molecule has 1 fully saturated rings. The summed E-state index contributed by atoms with van der Waals surface area (Å²) >= 11 is 6.28. The highest BCUT2D eigenvalue weighted by Crippen LogP contribution is 2.44. The first-order valence-corrected chi connectivity index (χ1v) is 10.7. The molecule has 3 aromatic carbocycles. The summed E-state index contributed by atoms with van der Waals surface area (Å²) in [5, 5.41) is 11.5. The Bertz CT molecular complexity index is 1320. The lowest BCUT2D eigenvalue weighted by Crippen LogP contribution is -2.29. The zero-order valence-electron chi connectivity index (χ0n) is 18.6. The van der Waals surface area contributed by atoms with Crippen LogP contribution in [0.3, 0.4) is 0 Å². The van der Waals surface area contributed by atoms with Gasteiger partial charge in [-0.05, 0) is 55.0 Å². The second-order valence-electron chi connectivity index (χ2n) is 7.74. The zero-order valence-corrected chi connectivity index (χ0v) is 19.4. The summed E-state index contributed by atoms with van der Waals surface area (Å²) < 4.78 is 24.2. The Hall–Kier alpha value is -3.84. The van der Waals surface area contributed by atoms with E-state index >= 15 is 0 Å². The maximum atomic E-state index is 13.7. The highest BCUT2D eigenvalue weighted by Gasteiger charge is 2.47. The molecule has 1 atom stereocenters. The summed E-state index contributed by atoms with van der Waals surface area (Å²) in [6.07, 6.45) is 0. The minimum Gasteiger partial charge on any atom is -0.507 e. The normalized spacial score (nSPS) is 17.2. The van der Waals surface area contributed by atoms with Crippen molar-refractivity contribution in [1.82, 2.24) is 0 Å². The second kappa shape index (κ2) is 9.19. The van der Waals surface area contributed by atoms with E-state index in [2.05, 4.69) is 0 Å². The number of carbonyl (C=O) groups excluding carboxylic acids is 2. The molecule has 8 heteroatoms. The van der Waals surface area contributed by atoms with Gasteiger partial charge in [0, 0.05) is 5.69 Å². The maximum Gasteiger partial charge on any atom is 0.300 e. The van der Waals surface area contributed by atoms with Crippen LogP contribution in [-0.4, -0.2) is 31.0 Å². The van der Waals surface area contributed by atoms with Crippen molar-refractivity contribution in [1.29, 1.82) is 0 Å². The van der Waals surface area contributed by atoms with Crippen LogP contribution in [-0.2, 0) is 9.59 Å². The number of benzene rings is 3. The van der Waals surface area contributed by atoms with Crippen molar-refractivity contribution in [2.45, 2.75) is 13.0 Å². The number of halogens is 2. The molecule has 0 radical (unpaired) electrons. The Labute approximate surface area is 200 Å². The number of aryl methyl sites for hydroxylation is 1. The molecule has 4 rings (SSSR count). The largest absolute Gasteiger partial charge is 0.507 e. The van der Waals surface area contributed by atoms with Gasteiger partial charge in [-0.25, -0.2) is 4.39 Å². The summed E-state index contributed by atoms with van der Waals surface area (Å²) in [5.74, 6) is -1.89. The lowest BCUT2D eigenvalue weighted by atomic mass is 9.94. The molecule has 0 aliphatic carbocycles. The Morgan fingerprint density at radius 2 is 1.62 bits per heavy atom. The summed E-state index contributed by atoms with van der Waals surface area (Å²) in [6, 6.07) is 14.1. The average Bonchev–Trinajstić information content (AvgIpc) is 3.09. The van der Waals surface area contributed by atoms with Gasteiger partial charge in [0.25, 0.3) is 11.7 Å². The number of Topliss-reactive ketones (excluding diaryl/α,β-unsaturated/α-hetero) is 1. The van der Waals surface area contributed by atoms with Crippen molar-refractivity contribution < 1.29 is 28.6 Å². The van der Waals surface area contributed by atoms with Gasteiger partial charge in [-0.3, -0.25) is 14.5 Å². The quantitative estimate of drug-likeness (QED) is 0.299. The fourth-order valence-electron chi connectivity index (χ4n) is 4.02. The van der Waals surface area contributed by atoms with Crippen LogP contribution in [0.5, 0.6) is 11.5 Å². The molecule has 1 aliphatic rings. The number of hydrogen-bond acceptors (Lipinski definition) is 5. The van der Waals surface area contributed by atoms with Gasteiger partial charge in [-0.15, -0.1) is 0 Å². The number of aliphatic hydroxyl groups is 1. The monoisotopic (exact) mass is 481 g/mol. The van der Waals surface area contributed by atoms with Gasteiger partial charge in [-0.2, -0.15) is 0 Å². The van der Waals surface area contributed by atoms with Gasteiger partial charge in [0.1, 0.15) is 23.1 Å². The van der Waals surface area contributed by atoms with Crippen LogP contribution in [0, 0.1) is 12.7 Å². The van der Waals surface area contributed by atoms with Crippen molar-refractivity contribution in [2.24, 2.45) is 0 Å². The molecule has 174 valence electrons. The van der Waals surface area contributed by atoms with Gasteiger partial charge in [-0.1, -0.05) is 35.4 Å². The third-order valence-corrected chi connectivity index (χ3v) is 5.95. The molecule has 1 N–H and O–H groups in total. The number of ether oxygens (including phenoxy) is 2. The van der Waals surface area contributed by atoms with Gasteiger partial charge < -0.3 is 14.6 Å². The molecule has 1 aliphatic heterocycles. The Balaban J connectivity index is 1.98. The Morgan fingerprint density at radius 3 is 2.24 bits per heavy atom. The Morgan fingerprint density at radius 1 is 0.971 bits per heavy atom. The van der Waals surface area contributed by atoms with Crippen LogP contribution >= 0.6 is 11.6 Å². The number of aliphatic hydroxyl groups excluding tert-OH is 1. The molecule has 1 amide bonds. The smallest absolute Gasteiger partial charge is 0.300 e. The van der Waals surface area contributed by atoms with E-state index in [1.807, 2.05) is 6.92 Å². The van der Waals surface area contributed by atoms with Crippen LogP contribution in [0.4, 0.5) is 10.1 Å². The first-order valence-electron chi connectivity index (χ1n) is 10.3. The Kier molecular flexibility index (Phi) is 6.30. The molecule has 1 unspecified atom stereocenters. The summed E-state index contributed by atoms with van der Waals surface area (Å²) in [5.41, 5.74) is 1.68. The van der Waals surface area contributed by atoms with Gasteiger partial charge in [0.05, 0.1) is 36.4 Å². The van der Waals surface area contributed by atoms with Gasteiger partial charge in [0.2, 0.25) is 0 Å². The van der Waals surface area contributed by atoms with E-state index in [4.69, 9.17) is 21.1 Å². The lowest BCUT2D eigenvalue weighted by Gasteiger charge is -2.26. The van der Waals surface area contributed by atoms with E-state index in [1.165, 1.54) is 49.5 Å². The van der Waals surface area contributed by atoms with Crippen LogP contribution in [0.2, 0.25) is 5.02 Å². The second-order valence-corrected chi connectivity index (χ2v) is 8.15. The fraction of sp³-hybridized carbons (Fsp3) is 0.154. The number of methoxy groups -OCH3 is 2. The highest BCUT2D eigenvalue weighted by molar-refractivity contribution is 6.52. The van der Waals surface area contributed by atoms with Gasteiger partial charge in [0.15, 0.2) is 0 Å². The van der Waals surface area contributed by atoms with E-state index < -0.39 is 29.3 Å².